The lowest BCUT2D eigenvalue weighted by Gasteiger charge is -2.10. The van der Waals surface area contributed by atoms with Crippen molar-refractivity contribution in [1.29, 1.82) is 0 Å². The first kappa shape index (κ1) is 28.6. The van der Waals surface area contributed by atoms with Gasteiger partial charge in [-0.3, -0.25) is 0 Å². The van der Waals surface area contributed by atoms with Gasteiger partial charge in [-0.15, -0.1) is 0 Å². The molecule has 2 rings (SSSR count). The summed E-state index contributed by atoms with van der Waals surface area (Å²) in [5.41, 5.74) is 0. The van der Waals surface area contributed by atoms with E-state index in [1.807, 2.05) is 47.0 Å². The molecule has 0 heterocycles. The molecule has 8 heteroatoms. The van der Waals surface area contributed by atoms with Crippen molar-refractivity contribution >= 4 is 83.1 Å². The van der Waals surface area contributed by atoms with Crippen molar-refractivity contribution in [3.05, 3.63) is 36.4 Å². The molecule has 0 radical (unpaired) electrons. The van der Waals surface area contributed by atoms with Crippen molar-refractivity contribution in [2.45, 2.75) is 12.8 Å². The number of hydrogen-bond acceptors (Lipinski definition) is 8. The Bertz CT molecular complexity index is 674. The molecule has 0 N–H and O–H groups in total. The fourth-order valence-corrected chi connectivity index (χ4v) is 7.24. The van der Waals surface area contributed by atoms with E-state index in [2.05, 4.69) is 61.7 Å². The molecule has 0 saturated heterocycles. The van der Waals surface area contributed by atoms with Crippen LogP contribution in [0.1, 0.15) is 12.8 Å². The molecular weight excluding hydrogens is 513 g/mol. The minimum absolute atomic E-state index is 0.767. The van der Waals surface area contributed by atoms with Crippen LogP contribution in [0.4, 0.5) is 0 Å². The molecule has 0 atom stereocenters. The molecule has 180 valence electrons. The number of ether oxygens (including phenoxy) is 2. The van der Waals surface area contributed by atoms with Crippen LogP contribution in [0.25, 0.3) is 10.8 Å². The fourth-order valence-electron chi connectivity index (χ4n) is 2.86. The smallest absolute Gasteiger partial charge is 0.119 e. The van der Waals surface area contributed by atoms with E-state index in [9.17, 15) is 0 Å². The molecule has 0 amide bonds. The van der Waals surface area contributed by atoms with Crippen LogP contribution in [0.3, 0.4) is 0 Å². The van der Waals surface area contributed by atoms with Crippen LogP contribution >= 0.6 is 72.3 Å². The summed E-state index contributed by atoms with van der Waals surface area (Å²) in [6.07, 6.45) is 2.16. The van der Waals surface area contributed by atoms with Gasteiger partial charge in [0.05, 0.1) is 13.2 Å². The molecule has 0 fully saturated rings. The van der Waals surface area contributed by atoms with Gasteiger partial charge in [0.1, 0.15) is 11.5 Å². The van der Waals surface area contributed by atoms with E-state index >= 15 is 0 Å². The van der Waals surface area contributed by atoms with Crippen LogP contribution in [0.15, 0.2) is 36.4 Å². The highest BCUT2D eigenvalue weighted by Gasteiger charge is 2.02. The molecule has 2 aromatic carbocycles. The van der Waals surface area contributed by atoms with E-state index < -0.39 is 0 Å². The summed E-state index contributed by atoms with van der Waals surface area (Å²) >= 11 is 16.5. The first-order valence-electron chi connectivity index (χ1n) is 11.2. The SMILES string of the molecule is SCCSCCSCCCOc1ccc2ccc(OCCCSCCSCCS)cc2c1. The lowest BCUT2D eigenvalue weighted by Crippen LogP contribution is -2.00. The molecule has 0 spiro atoms. The van der Waals surface area contributed by atoms with Crippen LogP contribution in [0.5, 0.6) is 11.5 Å². The second kappa shape index (κ2) is 19.7. The second-order valence-corrected chi connectivity index (χ2v) is 12.8. The zero-order valence-electron chi connectivity index (χ0n) is 18.7. The Balaban J connectivity index is 1.62. The Labute approximate surface area is 222 Å². The van der Waals surface area contributed by atoms with Gasteiger partial charge in [-0.1, -0.05) is 12.1 Å². The molecule has 0 saturated carbocycles. The van der Waals surface area contributed by atoms with Gasteiger partial charge in [-0.2, -0.15) is 72.3 Å². The summed E-state index contributed by atoms with van der Waals surface area (Å²) in [5.74, 6) is 13.3. The quantitative estimate of drug-likeness (QED) is 0.134. The Kier molecular flexibility index (Phi) is 17.6. The Morgan fingerprint density at radius 3 is 1.41 bits per heavy atom. The molecule has 0 aliphatic heterocycles. The summed E-state index contributed by atoms with van der Waals surface area (Å²) < 4.78 is 12.0. The van der Waals surface area contributed by atoms with Crippen LogP contribution in [-0.2, 0) is 0 Å². The maximum absolute atomic E-state index is 5.98. The molecule has 2 nitrogen and oxygen atoms in total. The van der Waals surface area contributed by atoms with Gasteiger partial charge in [0.15, 0.2) is 0 Å². The highest BCUT2D eigenvalue weighted by atomic mass is 32.2. The van der Waals surface area contributed by atoms with Crippen molar-refractivity contribution in [3.8, 4) is 11.5 Å². The third kappa shape index (κ3) is 13.3. The zero-order chi connectivity index (χ0) is 22.7. The Morgan fingerprint density at radius 2 is 0.969 bits per heavy atom. The van der Waals surface area contributed by atoms with E-state index in [0.717, 1.165) is 72.1 Å². The number of hydrogen-bond donors (Lipinski definition) is 2. The first-order valence-corrected chi connectivity index (χ1v) is 17.0. The topological polar surface area (TPSA) is 18.5 Å². The molecule has 2 aromatic rings. The second-order valence-electron chi connectivity index (χ2n) is 6.97. The third-order valence-corrected chi connectivity index (χ3v) is 10.1. The van der Waals surface area contributed by atoms with Crippen LogP contribution < -0.4 is 9.47 Å². The van der Waals surface area contributed by atoms with E-state index in [-0.39, 0.29) is 0 Å². The third-order valence-electron chi connectivity index (χ3n) is 4.40. The summed E-state index contributed by atoms with van der Waals surface area (Å²) in [6, 6.07) is 12.6. The maximum Gasteiger partial charge on any atom is 0.119 e. The fraction of sp³-hybridized carbons (Fsp3) is 0.583. The van der Waals surface area contributed by atoms with Gasteiger partial charge in [0.25, 0.3) is 0 Å². The van der Waals surface area contributed by atoms with Crippen molar-refractivity contribution < 1.29 is 9.47 Å². The molecule has 32 heavy (non-hydrogen) atoms. The average molecular weight is 549 g/mol. The summed E-state index contributed by atoms with van der Waals surface area (Å²) in [7, 11) is 0. The molecule has 0 aromatic heterocycles. The molecule has 0 unspecified atom stereocenters. The van der Waals surface area contributed by atoms with Crippen LogP contribution in [-0.4, -0.2) is 70.7 Å². The number of rotatable bonds is 20. The van der Waals surface area contributed by atoms with Gasteiger partial charge in [0, 0.05) is 34.5 Å². The number of benzene rings is 2. The largest absolute Gasteiger partial charge is 0.494 e. The molecule has 0 bridgehead atoms. The monoisotopic (exact) mass is 548 g/mol. The van der Waals surface area contributed by atoms with Gasteiger partial charge >= 0.3 is 0 Å². The number of fused-ring (bicyclic) bond motifs is 1. The normalized spacial score (nSPS) is 11.2. The number of thioether (sulfide) groups is 4. The number of thiol groups is 2. The standard InChI is InChI=1S/C24H36O2S6/c27-9-13-31-17-15-29-11-1-7-25-23-5-3-21-4-6-24(20-22(21)19-23)26-8-2-12-30-16-18-32-14-10-28/h3-6,19-20,27-28H,1-2,7-18H2. The van der Waals surface area contributed by atoms with Crippen molar-refractivity contribution in [3.63, 3.8) is 0 Å². The van der Waals surface area contributed by atoms with Gasteiger partial charge in [-0.05, 0) is 70.9 Å². The lowest BCUT2D eigenvalue weighted by molar-refractivity contribution is 0.318. The van der Waals surface area contributed by atoms with Crippen LogP contribution in [0, 0.1) is 0 Å². The predicted molar refractivity (Wildman–Crippen MR) is 161 cm³/mol. The van der Waals surface area contributed by atoms with Gasteiger partial charge in [0.2, 0.25) is 0 Å². The summed E-state index contributed by atoms with van der Waals surface area (Å²) in [5, 5.41) is 2.39. The van der Waals surface area contributed by atoms with Gasteiger partial charge < -0.3 is 9.47 Å². The van der Waals surface area contributed by atoms with E-state index in [1.54, 1.807) is 0 Å². The minimum Gasteiger partial charge on any atom is -0.494 e. The van der Waals surface area contributed by atoms with Gasteiger partial charge in [-0.25, -0.2) is 0 Å². The zero-order valence-corrected chi connectivity index (χ0v) is 23.8. The van der Waals surface area contributed by atoms with E-state index in [1.165, 1.54) is 33.8 Å². The van der Waals surface area contributed by atoms with Crippen molar-refractivity contribution in [1.82, 2.24) is 0 Å². The summed E-state index contributed by atoms with van der Waals surface area (Å²) in [4.78, 5) is 0. The lowest BCUT2D eigenvalue weighted by atomic mass is 10.1. The average Bonchev–Trinajstić information content (AvgIpc) is 2.81. The Morgan fingerprint density at radius 1 is 0.531 bits per heavy atom. The van der Waals surface area contributed by atoms with E-state index in [4.69, 9.17) is 9.47 Å². The Hall–Kier alpha value is 0.400. The molecular formula is C24H36O2S6. The highest BCUT2D eigenvalue weighted by molar-refractivity contribution is 8.03. The minimum atomic E-state index is 0.767. The van der Waals surface area contributed by atoms with E-state index in [0.29, 0.717) is 0 Å². The molecule has 0 aliphatic rings. The van der Waals surface area contributed by atoms with Crippen LogP contribution in [0.2, 0.25) is 0 Å². The molecule has 0 aliphatic carbocycles. The van der Waals surface area contributed by atoms with Crippen molar-refractivity contribution in [2.24, 2.45) is 0 Å². The first-order chi connectivity index (χ1) is 15.8. The van der Waals surface area contributed by atoms with Crippen molar-refractivity contribution in [2.75, 3.05) is 70.7 Å². The summed E-state index contributed by atoms with van der Waals surface area (Å²) in [6.45, 7) is 1.53. The predicted octanol–water partition coefficient (Wildman–Crippen LogP) is 7.17. The maximum atomic E-state index is 5.98. The highest BCUT2D eigenvalue weighted by Crippen LogP contribution is 2.25.